The van der Waals surface area contributed by atoms with Crippen molar-refractivity contribution in [2.24, 2.45) is 0 Å². The Labute approximate surface area is 133 Å². The van der Waals surface area contributed by atoms with Gasteiger partial charge in [0.15, 0.2) is 5.69 Å². The maximum Gasteiger partial charge on any atom is 0.433 e. The van der Waals surface area contributed by atoms with Crippen LogP contribution < -0.4 is 0 Å². The van der Waals surface area contributed by atoms with Crippen LogP contribution in [0.5, 0.6) is 0 Å². The number of pyridine rings is 1. The number of benzene rings is 1. The van der Waals surface area contributed by atoms with E-state index in [1.807, 2.05) is 0 Å². The fraction of sp³-hybridized carbons (Fsp3) is 0.250. The van der Waals surface area contributed by atoms with Crippen LogP contribution in [-0.2, 0) is 12.6 Å². The van der Waals surface area contributed by atoms with Gasteiger partial charge in [-0.2, -0.15) is 18.4 Å². The highest BCUT2D eigenvalue weighted by Gasteiger charge is 2.44. The minimum atomic E-state index is -4.85. The highest BCUT2D eigenvalue weighted by atomic mass is 19.4. The number of hydrogen-bond donors (Lipinski definition) is 1. The van der Waals surface area contributed by atoms with Crippen molar-refractivity contribution in [3.63, 3.8) is 0 Å². The molecule has 8 heteroatoms. The Balaban J connectivity index is 2.26. The number of nitriles is 1. The van der Waals surface area contributed by atoms with Crippen molar-refractivity contribution in [1.82, 2.24) is 4.98 Å². The third-order valence-electron chi connectivity index (χ3n) is 3.87. The first-order valence-electron chi connectivity index (χ1n) is 6.84. The highest BCUT2D eigenvalue weighted by Crippen LogP contribution is 2.45. The molecule has 0 amide bonds. The lowest BCUT2D eigenvalue weighted by molar-refractivity contribution is -0.142. The summed E-state index contributed by atoms with van der Waals surface area (Å²) in [6, 6.07) is 4.99. The second-order valence-electron chi connectivity index (χ2n) is 5.42. The van der Waals surface area contributed by atoms with E-state index in [1.165, 1.54) is 6.07 Å². The number of halogens is 5. The summed E-state index contributed by atoms with van der Waals surface area (Å²) < 4.78 is 66.6. The largest absolute Gasteiger partial charge is 0.433 e. The first-order chi connectivity index (χ1) is 11.2. The molecule has 2 aromatic rings. The molecule has 124 valence electrons. The molecule has 0 bridgehead atoms. The maximum absolute atomic E-state index is 13.8. The predicted molar refractivity (Wildman–Crippen MR) is 72.9 cm³/mol. The molecule has 1 aliphatic rings. The Morgan fingerprint density at radius 3 is 2.58 bits per heavy atom. The van der Waals surface area contributed by atoms with E-state index in [9.17, 15) is 27.1 Å². The van der Waals surface area contributed by atoms with Crippen molar-refractivity contribution in [3.8, 4) is 17.2 Å². The van der Waals surface area contributed by atoms with Crippen molar-refractivity contribution >= 4 is 0 Å². The zero-order valence-corrected chi connectivity index (χ0v) is 11.9. The Morgan fingerprint density at radius 2 is 1.96 bits per heavy atom. The van der Waals surface area contributed by atoms with Crippen molar-refractivity contribution < 1.29 is 27.1 Å². The second kappa shape index (κ2) is 5.53. The van der Waals surface area contributed by atoms with Gasteiger partial charge in [0.2, 0.25) is 0 Å². The van der Waals surface area contributed by atoms with E-state index in [0.717, 1.165) is 18.3 Å². The van der Waals surface area contributed by atoms with Crippen LogP contribution in [0.25, 0.3) is 11.1 Å². The smallest absolute Gasteiger partial charge is 0.385 e. The summed E-state index contributed by atoms with van der Waals surface area (Å²) in [7, 11) is 0. The summed E-state index contributed by atoms with van der Waals surface area (Å²) in [4.78, 5) is 3.31. The quantitative estimate of drug-likeness (QED) is 0.805. The summed E-state index contributed by atoms with van der Waals surface area (Å²) in [6.07, 6.45) is -8.30. The van der Waals surface area contributed by atoms with Crippen molar-refractivity contribution in [2.75, 3.05) is 0 Å². The van der Waals surface area contributed by atoms with Gasteiger partial charge in [-0.15, -0.1) is 0 Å². The van der Waals surface area contributed by atoms with Crippen LogP contribution >= 0.6 is 0 Å². The van der Waals surface area contributed by atoms with E-state index in [0.29, 0.717) is 0 Å². The van der Waals surface area contributed by atoms with E-state index >= 15 is 0 Å². The predicted octanol–water partition coefficient (Wildman–Crippen LogP) is 3.71. The molecule has 2 atom stereocenters. The van der Waals surface area contributed by atoms with Crippen molar-refractivity contribution in [2.45, 2.75) is 24.9 Å². The van der Waals surface area contributed by atoms with Crippen LogP contribution in [0, 0.1) is 17.1 Å². The van der Waals surface area contributed by atoms with Crippen LogP contribution in [0.2, 0.25) is 0 Å². The van der Waals surface area contributed by atoms with Crippen LogP contribution in [0.4, 0.5) is 22.0 Å². The third-order valence-corrected chi connectivity index (χ3v) is 3.87. The van der Waals surface area contributed by atoms with Crippen molar-refractivity contribution in [3.05, 3.63) is 52.6 Å². The van der Waals surface area contributed by atoms with E-state index in [4.69, 9.17) is 5.26 Å². The first kappa shape index (κ1) is 16.3. The summed E-state index contributed by atoms with van der Waals surface area (Å²) in [6.45, 7) is 0. The third kappa shape index (κ3) is 2.61. The van der Waals surface area contributed by atoms with Gasteiger partial charge >= 0.3 is 6.18 Å². The van der Waals surface area contributed by atoms with Gasteiger partial charge in [0.1, 0.15) is 18.1 Å². The fourth-order valence-corrected chi connectivity index (χ4v) is 2.87. The zero-order valence-electron chi connectivity index (χ0n) is 11.9. The molecule has 0 radical (unpaired) electrons. The average molecular weight is 340 g/mol. The zero-order chi connectivity index (χ0) is 17.6. The first-order valence-corrected chi connectivity index (χ1v) is 6.84. The van der Waals surface area contributed by atoms with Gasteiger partial charge in [-0.3, -0.25) is 4.98 Å². The number of nitrogens with zero attached hydrogens (tertiary/aromatic N) is 2. The van der Waals surface area contributed by atoms with E-state index in [1.54, 1.807) is 6.07 Å². The molecule has 3 nitrogen and oxygen atoms in total. The molecule has 0 spiro atoms. The van der Waals surface area contributed by atoms with Gasteiger partial charge in [0, 0.05) is 23.7 Å². The summed E-state index contributed by atoms with van der Waals surface area (Å²) in [5, 5.41) is 18.7. The van der Waals surface area contributed by atoms with Gasteiger partial charge in [0.25, 0.3) is 0 Å². The molecule has 1 aliphatic carbocycles. The highest BCUT2D eigenvalue weighted by molar-refractivity contribution is 5.71. The molecule has 24 heavy (non-hydrogen) atoms. The molecular weight excluding hydrogens is 331 g/mol. The molecule has 1 aromatic heterocycles. The summed E-state index contributed by atoms with van der Waals surface area (Å²) in [5.41, 5.74) is -1.93. The number of aliphatic hydroxyl groups excluding tert-OH is 1. The van der Waals surface area contributed by atoms with Gasteiger partial charge in [-0.1, -0.05) is 0 Å². The Kier molecular flexibility index (Phi) is 3.76. The molecule has 0 saturated carbocycles. The van der Waals surface area contributed by atoms with E-state index < -0.39 is 41.9 Å². The Hall–Kier alpha value is -2.53. The number of rotatable bonds is 1. The molecule has 1 N–H and O–H groups in total. The van der Waals surface area contributed by atoms with Crippen molar-refractivity contribution in [1.29, 1.82) is 5.26 Å². The van der Waals surface area contributed by atoms with Crippen LogP contribution in [0.3, 0.4) is 0 Å². The summed E-state index contributed by atoms with van der Waals surface area (Å²) >= 11 is 0. The van der Waals surface area contributed by atoms with Gasteiger partial charge in [-0.25, -0.2) is 8.78 Å². The standard InChI is InChI=1S/C16H9F5N2O/c17-9-2-7(5-22)1-8(3-9)11-6-23-15(16(19,20)21)13-10(11)4-12(18)14(13)24/h1-3,6,12,14,24H,4H2/t12-,14?/m1/s1. The Bertz CT molecular complexity index is 857. The molecule has 0 fully saturated rings. The number of hydrogen-bond acceptors (Lipinski definition) is 3. The molecule has 1 unspecified atom stereocenters. The summed E-state index contributed by atoms with van der Waals surface area (Å²) in [5.74, 6) is -0.756. The number of alkyl halides is 4. The molecule has 1 aromatic carbocycles. The van der Waals surface area contributed by atoms with Crippen LogP contribution in [0.1, 0.15) is 28.5 Å². The van der Waals surface area contributed by atoms with E-state index in [2.05, 4.69) is 4.98 Å². The lowest BCUT2D eigenvalue weighted by Gasteiger charge is -2.16. The SMILES string of the molecule is N#Cc1cc(F)cc(-c2cnc(C(F)(F)F)c3c2C[C@@H](F)C3O)c1. The van der Waals surface area contributed by atoms with Crippen LogP contribution in [-0.4, -0.2) is 16.3 Å². The molecule has 0 saturated heterocycles. The van der Waals surface area contributed by atoms with Crippen LogP contribution in [0.15, 0.2) is 24.4 Å². The topological polar surface area (TPSA) is 56.9 Å². The number of fused-ring (bicyclic) bond motifs is 1. The maximum atomic E-state index is 13.8. The number of aliphatic hydroxyl groups is 1. The average Bonchev–Trinajstić information content (AvgIpc) is 2.80. The minimum Gasteiger partial charge on any atom is -0.385 e. The molecule has 3 rings (SSSR count). The normalized spacial score (nSPS) is 19.9. The van der Waals surface area contributed by atoms with Gasteiger partial charge in [-0.05, 0) is 29.3 Å². The lowest BCUT2D eigenvalue weighted by atomic mass is 9.96. The van der Waals surface area contributed by atoms with E-state index in [-0.39, 0.29) is 22.3 Å². The monoisotopic (exact) mass is 340 g/mol. The molecule has 0 aliphatic heterocycles. The van der Waals surface area contributed by atoms with Gasteiger partial charge < -0.3 is 5.11 Å². The van der Waals surface area contributed by atoms with Gasteiger partial charge in [0.05, 0.1) is 11.6 Å². The molecule has 1 heterocycles. The Morgan fingerprint density at radius 1 is 1.25 bits per heavy atom. The minimum absolute atomic E-state index is 0.0333. The second-order valence-corrected chi connectivity index (χ2v) is 5.42. The fourth-order valence-electron chi connectivity index (χ4n) is 2.87. The number of aromatic nitrogens is 1. The molecular formula is C16H9F5N2O. The lowest BCUT2D eigenvalue weighted by Crippen LogP contribution is -2.15.